The van der Waals surface area contributed by atoms with Gasteiger partial charge in [0.15, 0.2) is 0 Å². The van der Waals surface area contributed by atoms with Gasteiger partial charge in [0.1, 0.15) is 0 Å². The molecule has 2 fully saturated rings. The Labute approximate surface area is 97.2 Å². The summed E-state index contributed by atoms with van der Waals surface area (Å²) in [4.78, 5) is 11.2. The Morgan fingerprint density at radius 1 is 1.12 bits per heavy atom. The molecule has 1 aliphatic carbocycles. The highest BCUT2D eigenvalue weighted by Gasteiger charge is 2.32. The van der Waals surface area contributed by atoms with Crippen LogP contribution in [0.2, 0.25) is 0 Å². The number of hydrogen-bond donors (Lipinski definition) is 1. The van der Waals surface area contributed by atoms with Crippen molar-refractivity contribution >= 4 is 5.97 Å². The van der Waals surface area contributed by atoms with Crippen molar-refractivity contribution < 1.29 is 14.6 Å². The zero-order valence-corrected chi connectivity index (χ0v) is 9.86. The Bertz CT molecular complexity index is 233. The minimum atomic E-state index is -0.572. The summed E-state index contributed by atoms with van der Waals surface area (Å²) in [6.07, 6.45) is 7.70. The molecule has 1 saturated heterocycles. The van der Waals surface area contributed by atoms with E-state index in [1.807, 2.05) is 0 Å². The van der Waals surface area contributed by atoms with Crippen LogP contribution in [-0.2, 0) is 9.53 Å². The standard InChI is InChI=1S/C13H22O3/c14-13(15)12-4-2-1-3-11(12)9-10-5-7-16-8-6-10/h10-12H,1-9H2,(H,14,15). The Kier molecular flexibility index (Phi) is 4.22. The van der Waals surface area contributed by atoms with Crippen molar-refractivity contribution in [1.29, 1.82) is 0 Å². The summed E-state index contributed by atoms with van der Waals surface area (Å²) in [6.45, 7) is 1.74. The lowest BCUT2D eigenvalue weighted by molar-refractivity contribution is -0.145. The zero-order chi connectivity index (χ0) is 11.4. The average Bonchev–Trinajstić information content (AvgIpc) is 2.31. The van der Waals surface area contributed by atoms with Gasteiger partial charge in [-0.15, -0.1) is 0 Å². The molecular formula is C13H22O3. The minimum Gasteiger partial charge on any atom is -0.481 e. The summed E-state index contributed by atoms with van der Waals surface area (Å²) in [7, 11) is 0. The van der Waals surface area contributed by atoms with Crippen LogP contribution in [0.25, 0.3) is 0 Å². The van der Waals surface area contributed by atoms with E-state index < -0.39 is 5.97 Å². The highest BCUT2D eigenvalue weighted by molar-refractivity contribution is 5.70. The molecule has 2 aliphatic rings. The molecule has 0 aromatic rings. The van der Waals surface area contributed by atoms with Crippen molar-refractivity contribution in [3.05, 3.63) is 0 Å². The van der Waals surface area contributed by atoms with Gasteiger partial charge in [0.2, 0.25) is 0 Å². The number of carboxylic acids is 1. The largest absolute Gasteiger partial charge is 0.481 e. The van der Waals surface area contributed by atoms with E-state index in [9.17, 15) is 9.90 Å². The second kappa shape index (κ2) is 5.67. The topological polar surface area (TPSA) is 46.5 Å². The first-order valence-corrected chi connectivity index (χ1v) is 6.58. The molecule has 1 N–H and O–H groups in total. The number of aliphatic carboxylic acids is 1. The maximum absolute atomic E-state index is 11.2. The van der Waals surface area contributed by atoms with E-state index in [1.54, 1.807) is 0 Å². The van der Waals surface area contributed by atoms with E-state index in [-0.39, 0.29) is 5.92 Å². The lowest BCUT2D eigenvalue weighted by Crippen LogP contribution is -2.30. The van der Waals surface area contributed by atoms with E-state index in [1.165, 1.54) is 6.42 Å². The van der Waals surface area contributed by atoms with Crippen LogP contribution in [0.4, 0.5) is 0 Å². The first kappa shape index (κ1) is 11.9. The van der Waals surface area contributed by atoms with Gasteiger partial charge in [0.05, 0.1) is 5.92 Å². The van der Waals surface area contributed by atoms with E-state index >= 15 is 0 Å². The van der Waals surface area contributed by atoms with Crippen molar-refractivity contribution in [2.24, 2.45) is 17.8 Å². The van der Waals surface area contributed by atoms with Crippen LogP contribution in [0.5, 0.6) is 0 Å². The highest BCUT2D eigenvalue weighted by Crippen LogP contribution is 2.36. The van der Waals surface area contributed by atoms with Gasteiger partial charge in [-0.25, -0.2) is 0 Å². The lowest BCUT2D eigenvalue weighted by atomic mass is 9.74. The molecule has 0 aromatic carbocycles. The van der Waals surface area contributed by atoms with Crippen LogP contribution in [-0.4, -0.2) is 24.3 Å². The first-order chi connectivity index (χ1) is 7.77. The van der Waals surface area contributed by atoms with Gasteiger partial charge in [0.25, 0.3) is 0 Å². The summed E-state index contributed by atoms with van der Waals surface area (Å²) in [6, 6.07) is 0. The molecule has 0 spiro atoms. The van der Waals surface area contributed by atoms with Gasteiger partial charge in [0, 0.05) is 13.2 Å². The van der Waals surface area contributed by atoms with Crippen molar-refractivity contribution in [3.63, 3.8) is 0 Å². The number of rotatable bonds is 3. The maximum Gasteiger partial charge on any atom is 0.306 e. The summed E-state index contributed by atoms with van der Waals surface area (Å²) in [5, 5.41) is 9.21. The smallest absolute Gasteiger partial charge is 0.306 e. The third-order valence-electron chi connectivity index (χ3n) is 4.20. The molecule has 1 heterocycles. The van der Waals surface area contributed by atoms with Crippen LogP contribution in [0, 0.1) is 17.8 Å². The Hall–Kier alpha value is -0.570. The normalized spacial score (nSPS) is 32.5. The fraction of sp³-hybridized carbons (Fsp3) is 0.923. The highest BCUT2D eigenvalue weighted by atomic mass is 16.5. The van der Waals surface area contributed by atoms with Crippen molar-refractivity contribution in [1.82, 2.24) is 0 Å². The second-order valence-electron chi connectivity index (χ2n) is 5.28. The zero-order valence-electron chi connectivity index (χ0n) is 9.86. The summed E-state index contributed by atoms with van der Waals surface area (Å²) in [5.41, 5.74) is 0. The van der Waals surface area contributed by atoms with Crippen LogP contribution in [0.15, 0.2) is 0 Å². The van der Waals surface area contributed by atoms with Crippen LogP contribution in [0.1, 0.15) is 44.9 Å². The minimum absolute atomic E-state index is 0.0726. The molecule has 3 nitrogen and oxygen atoms in total. The van der Waals surface area contributed by atoms with E-state index in [2.05, 4.69) is 0 Å². The maximum atomic E-state index is 11.2. The molecule has 16 heavy (non-hydrogen) atoms. The van der Waals surface area contributed by atoms with Crippen molar-refractivity contribution in [2.75, 3.05) is 13.2 Å². The summed E-state index contributed by atoms with van der Waals surface area (Å²) < 4.78 is 5.35. The number of hydrogen-bond acceptors (Lipinski definition) is 2. The van der Waals surface area contributed by atoms with Crippen LogP contribution in [0.3, 0.4) is 0 Å². The number of carbonyl (C=O) groups is 1. The molecule has 0 bridgehead atoms. The van der Waals surface area contributed by atoms with Gasteiger partial charge in [-0.3, -0.25) is 4.79 Å². The Balaban J connectivity index is 1.87. The van der Waals surface area contributed by atoms with Crippen molar-refractivity contribution in [2.45, 2.75) is 44.9 Å². The fourth-order valence-electron chi connectivity index (χ4n) is 3.23. The number of carboxylic acid groups (broad SMARTS) is 1. The monoisotopic (exact) mass is 226 g/mol. The third-order valence-corrected chi connectivity index (χ3v) is 4.20. The van der Waals surface area contributed by atoms with E-state index in [0.717, 1.165) is 51.7 Å². The fourth-order valence-corrected chi connectivity index (χ4v) is 3.23. The second-order valence-corrected chi connectivity index (χ2v) is 5.28. The first-order valence-electron chi connectivity index (χ1n) is 6.58. The predicted molar refractivity (Wildman–Crippen MR) is 61.2 cm³/mol. The molecule has 1 saturated carbocycles. The average molecular weight is 226 g/mol. The van der Waals surface area contributed by atoms with Gasteiger partial charge >= 0.3 is 5.97 Å². The van der Waals surface area contributed by atoms with Gasteiger partial charge in [-0.2, -0.15) is 0 Å². The summed E-state index contributed by atoms with van der Waals surface area (Å²) in [5.74, 6) is 0.487. The molecule has 92 valence electrons. The molecule has 0 aromatic heterocycles. The van der Waals surface area contributed by atoms with Gasteiger partial charge in [-0.05, 0) is 43.9 Å². The SMILES string of the molecule is O=C(O)C1CCCCC1CC1CCOCC1. The molecule has 0 amide bonds. The molecule has 2 rings (SSSR count). The predicted octanol–water partition coefficient (Wildman–Crippen LogP) is 2.69. The lowest BCUT2D eigenvalue weighted by Gasteiger charge is -2.32. The molecule has 2 unspecified atom stereocenters. The molecular weight excluding hydrogens is 204 g/mol. The summed E-state index contributed by atoms with van der Waals surface area (Å²) >= 11 is 0. The van der Waals surface area contributed by atoms with Crippen LogP contribution < -0.4 is 0 Å². The number of ether oxygens (including phenoxy) is 1. The Morgan fingerprint density at radius 3 is 2.50 bits per heavy atom. The third kappa shape index (κ3) is 2.97. The van der Waals surface area contributed by atoms with E-state index in [0.29, 0.717) is 11.8 Å². The van der Waals surface area contributed by atoms with Gasteiger partial charge < -0.3 is 9.84 Å². The molecule has 2 atom stereocenters. The van der Waals surface area contributed by atoms with E-state index in [4.69, 9.17) is 4.74 Å². The molecule has 1 aliphatic heterocycles. The molecule has 3 heteroatoms. The van der Waals surface area contributed by atoms with Crippen LogP contribution >= 0.6 is 0 Å². The molecule has 0 radical (unpaired) electrons. The van der Waals surface area contributed by atoms with Gasteiger partial charge in [-0.1, -0.05) is 12.8 Å². The quantitative estimate of drug-likeness (QED) is 0.804. The van der Waals surface area contributed by atoms with Crippen molar-refractivity contribution in [3.8, 4) is 0 Å². The Morgan fingerprint density at radius 2 is 1.81 bits per heavy atom.